The number of esters is 2. The van der Waals surface area contributed by atoms with Crippen molar-refractivity contribution in [3.63, 3.8) is 0 Å². The number of hydrogen-bond acceptors (Lipinski definition) is 5. The van der Waals surface area contributed by atoms with Gasteiger partial charge in [0.05, 0.1) is 17.3 Å². The first-order chi connectivity index (χ1) is 9.79. The fraction of sp³-hybridized carbons (Fsp3) is 0.800. The summed E-state index contributed by atoms with van der Waals surface area (Å²) in [6.45, 7) is 5.44. The molecular formula is C15H24O6. The zero-order chi connectivity index (χ0) is 16.0. The number of ether oxygens (including phenoxy) is 2. The summed E-state index contributed by atoms with van der Waals surface area (Å²) in [6, 6.07) is 0. The highest BCUT2D eigenvalue weighted by atomic mass is 16.6. The van der Waals surface area contributed by atoms with Gasteiger partial charge in [0.1, 0.15) is 13.2 Å². The van der Waals surface area contributed by atoms with Gasteiger partial charge in [0.15, 0.2) is 0 Å². The molecule has 0 radical (unpaired) electrons. The summed E-state index contributed by atoms with van der Waals surface area (Å²) in [5.74, 6) is -3.02. The van der Waals surface area contributed by atoms with Crippen molar-refractivity contribution in [3.05, 3.63) is 0 Å². The fourth-order valence-corrected chi connectivity index (χ4v) is 2.26. The zero-order valence-corrected chi connectivity index (χ0v) is 12.9. The second-order valence-electron chi connectivity index (χ2n) is 6.02. The van der Waals surface area contributed by atoms with Crippen LogP contribution in [0.2, 0.25) is 0 Å². The molecule has 0 aliphatic heterocycles. The van der Waals surface area contributed by atoms with Crippen LogP contribution in [0.15, 0.2) is 0 Å². The maximum Gasteiger partial charge on any atom is 0.311 e. The highest BCUT2D eigenvalue weighted by Crippen LogP contribution is 2.32. The molecule has 6 nitrogen and oxygen atoms in total. The lowest BCUT2D eigenvalue weighted by molar-refractivity contribution is -0.162. The smallest absolute Gasteiger partial charge is 0.311 e. The molecule has 0 aromatic heterocycles. The van der Waals surface area contributed by atoms with Crippen LogP contribution in [0.1, 0.15) is 46.5 Å². The number of rotatable bonds is 7. The van der Waals surface area contributed by atoms with Gasteiger partial charge in [-0.2, -0.15) is 0 Å². The van der Waals surface area contributed by atoms with Gasteiger partial charge in [-0.15, -0.1) is 0 Å². The van der Waals surface area contributed by atoms with E-state index in [-0.39, 0.29) is 19.2 Å². The fourth-order valence-electron chi connectivity index (χ4n) is 2.26. The molecule has 0 saturated heterocycles. The molecule has 1 fully saturated rings. The third-order valence-electron chi connectivity index (χ3n) is 4.13. The zero-order valence-electron chi connectivity index (χ0n) is 12.9. The molecule has 0 amide bonds. The Morgan fingerprint density at radius 3 is 2.24 bits per heavy atom. The van der Waals surface area contributed by atoms with E-state index in [9.17, 15) is 14.4 Å². The second kappa shape index (κ2) is 7.43. The van der Waals surface area contributed by atoms with Gasteiger partial charge in [-0.3, -0.25) is 14.4 Å². The number of carboxylic acid groups (broad SMARTS) is 1. The topological polar surface area (TPSA) is 89.9 Å². The summed E-state index contributed by atoms with van der Waals surface area (Å²) in [5, 5.41) is 9.02. The van der Waals surface area contributed by atoms with Gasteiger partial charge >= 0.3 is 17.9 Å². The van der Waals surface area contributed by atoms with Crippen molar-refractivity contribution in [2.75, 3.05) is 13.2 Å². The Kier molecular flexibility index (Phi) is 6.18. The predicted octanol–water partition coefficient (Wildman–Crippen LogP) is 2.01. The molecule has 0 heterocycles. The summed E-state index contributed by atoms with van der Waals surface area (Å²) in [6.07, 6.45) is 2.43. The van der Waals surface area contributed by atoms with Crippen LogP contribution in [0.4, 0.5) is 0 Å². The van der Waals surface area contributed by atoms with E-state index in [2.05, 4.69) is 0 Å². The van der Waals surface area contributed by atoms with Crippen LogP contribution >= 0.6 is 0 Å². The SMILES string of the molecule is CCC(C)(C)C(=O)OCCOC(=O)C1CCCC1C(=O)O. The maximum atomic E-state index is 11.8. The molecule has 1 rings (SSSR count). The lowest BCUT2D eigenvalue weighted by Gasteiger charge is -2.20. The largest absolute Gasteiger partial charge is 0.481 e. The molecule has 0 aromatic carbocycles. The quantitative estimate of drug-likeness (QED) is 0.571. The first kappa shape index (κ1) is 17.5. The van der Waals surface area contributed by atoms with Crippen LogP contribution in [0, 0.1) is 17.3 Å². The van der Waals surface area contributed by atoms with Gasteiger partial charge < -0.3 is 14.6 Å². The minimum atomic E-state index is -0.953. The summed E-state index contributed by atoms with van der Waals surface area (Å²) < 4.78 is 10.1. The van der Waals surface area contributed by atoms with Crippen molar-refractivity contribution >= 4 is 17.9 Å². The Morgan fingerprint density at radius 2 is 1.67 bits per heavy atom. The minimum absolute atomic E-state index is 0.00153. The van der Waals surface area contributed by atoms with Gasteiger partial charge in [-0.25, -0.2) is 0 Å². The summed E-state index contributed by atoms with van der Waals surface area (Å²) in [7, 11) is 0. The van der Waals surface area contributed by atoms with Gasteiger partial charge in [-0.1, -0.05) is 13.3 Å². The van der Waals surface area contributed by atoms with E-state index in [1.165, 1.54) is 0 Å². The van der Waals surface area contributed by atoms with E-state index >= 15 is 0 Å². The van der Waals surface area contributed by atoms with Crippen LogP contribution in [-0.4, -0.2) is 36.2 Å². The highest BCUT2D eigenvalue weighted by molar-refractivity contribution is 5.81. The van der Waals surface area contributed by atoms with E-state index in [0.717, 1.165) is 6.42 Å². The average Bonchev–Trinajstić information content (AvgIpc) is 2.92. The molecule has 1 aliphatic rings. The van der Waals surface area contributed by atoms with E-state index < -0.39 is 29.2 Å². The second-order valence-corrected chi connectivity index (χ2v) is 6.02. The van der Waals surface area contributed by atoms with Crippen LogP contribution in [0.5, 0.6) is 0 Å². The summed E-state index contributed by atoms with van der Waals surface area (Å²) in [5.41, 5.74) is -0.552. The van der Waals surface area contributed by atoms with Crippen molar-refractivity contribution in [2.24, 2.45) is 17.3 Å². The normalized spacial score (nSPS) is 21.9. The van der Waals surface area contributed by atoms with E-state index in [1.807, 2.05) is 6.92 Å². The van der Waals surface area contributed by atoms with Crippen molar-refractivity contribution in [3.8, 4) is 0 Å². The molecule has 21 heavy (non-hydrogen) atoms. The van der Waals surface area contributed by atoms with E-state index in [4.69, 9.17) is 14.6 Å². The van der Waals surface area contributed by atoms with E-state index in [1.54, 1.807) is 13.8 Å². The van der Waals surface area contributed by atoms with Crippen molar-refractivity contribution < 1.29 is 29.0 Å². The monoisotopic (exact) mass is 300 g/mol. The Morgan fingerprint density at radius 1 is 1.10 bits per heavy atom. The predicted molar refractivity (Wildman–Crippen MR) is 74.5 cm³/mol. The number of carbonyl (C=O) groups excluding carboxylic acids is 2. The van der Waals surface area contributed by atoms with Crippen molar-refractivity contribution in [2.45, 2.75) is 46.5 Å². The number of carboxylic acids is 1. The molecule has 6 heteroatoms. The molecule has 0 bridgehead atoms. The molecule has 1 N–H and O–H groups in total. The van der Waals surface area contributed by atoms with Gasteiger partial charge in [0, 0.05) is 0 Å². The third-order valence-corrected chi connectivity index (χ3v) is 4.13. The number of carbonyl (C=O) groups is 3. The summed E-state index contributed by atoms with van der Waals surface area (Å²) in [4.78, 5) is 34.5. The third kappa shape index (κ3) is 4.72. The summed E-state index contributed by atoms with van der Waals surface area (Å²) >= 11 is 0. The first-order valence-electron chi connectivity index (χ1n) is 7.36. The molecule has 1 aliphatic carbocycles. The van der Waals surface area contributed by atoms with Gasteiger partial charge in [-0.05, 0) is 33.1 Å². The minimum Gasteiger partial charge on any atom is -0.481 e. The first-order valence-corrected chi connectivity index (χ1v) is 7.36. The molecule has 0 aromatic rings. The molecule has 120 valence electrons. The molecule has 2 atom stereocenters. The Balaban J connectivity index is 2.31. The van der Waals surface area contributed by atoms with Crippen LogP contribution < -0.4 is 0 Å². The highest BCUT2D eigenvalue weighted by Gasteiger charge is 2.38. The van der Waals surface area contributed by atoms with E-state index in [0.29, 0.717) is 19.3 Å². The molecule has 1 saturated carbocycles. The molecular weight excluding hydrogens is 276 g/mol. The van der Waals surface area contributed by atoms with Crippen molar-refractivity contribution in [1.82, 2.24) is 0 Å². The van der Waals surface area contributed by atoms with Crippen molar-refractivity contribution in [1.29, 1.82) is 0 Å². The van der Waals surface area contributed by atoms with Crippen LogP contribution in [-0.2, 0) is 23.9 Å². The van der Waals surface area contributed by atoms with Gasteiger partial charge in [0.2, 0.25) is 0 Å². The lowest BCUT2D eigenvalue weighted by Crippen LogP contribution is -2.29. The number of aliphatic carboxylic acids is 1. The standard InChI is InChI=1S/C15H24O6/c1-4-15(2,3)14(19)21-9-8-20-13(18)11-7-5-6-10(11)12(16)17/h10-11H,4-9H2,1-3H3,(H,16,17). The average molecular weight is 300 g/mol. The van der Waals surface area contributed by atoms with Crippen LogP contribution in [0.3, 0.4) is 0 Å². The van der Waals surface area contributed by atoms with Gasteiger partial charge in [0.25, 0.3) is 0 Å². The Labute approximate surface area is 124 Å². The van der Waals surface area contributed by atoms with Crippen LogP contribution in [0.25, 0.3) is 0 Å². The lowest BCUT2D eigenvalue weighted by atomic mass is 9.91. The number of hydrogen-bond donors (Lipinski definition) is 1. The Bertz CT molecular complexity index is 401. The maximum absolute atomic E-state index is 11.8. The molecule has 2 unspecified atom stereocenters. The molecule has 0 spiro atoms. The Hall–Kier alpha value is -1.59.